The zero-order valence-corrected chi connectivity index (χ0v) is 17.1. The number of hydrogen-bond donors (Lipinski definition) is 0. The lowest BCUT2D eigenvalue weighted by Crippen LogP contribution is -2.47. The van der Waals surface area contributed by atoms with E-state index in [1.54, 1.807) is 5.19 Å². The molecule has 0 amide bonds. The summed E-state index contributed by atoms with van der Waals surface area (Å²) in [5, 5.41) is 3.04. The van der Waals surface area contributed by atoms with E-state index in [4.69, 9.17) is 0 Å². The largest absolute Gasteiger partial charge is 0.147 e. The lowest BCUT2D eigenvalue weighted by Gasteiger charge is -2.33. The maximum atomic E-state index is 2.82. The third-order valence-electron chi connectivity index (χ3n) is 4.55. The van der Waals surface area contributed by atoms with Crippen LogP contribution in [-0.2, 0) is 0 Å². The van der Waals surface area contributed by atoms with Crippen molar-refractivity contribution in [2.24, 2.45) is 0 Å². The fraction of sp³-hybridized carbons (Fsp3) is 0.667. The summed E-state index contributed by atoms with van der Waals surface area (Å²) in [5.74, 6) is 0. The molecule has 0 aliphatic rings. The molecule has 1 aromatic rings. The molecule has 0 saturated heterocycles. The summed E-state index contributed by atoms with van der Waals surface area (Å²) < 4.78 is 0. The summed E-state index contributed by atoms with van der Waals surface area (Å²) in [6.45, 7) is 7.01. The minimum atomic E-state index is -1.27. The Hall–Kier alpha value is 0.157. The highest BCUT2D eigenvalue weighted by Crippen LogP contribution is 2.28. The van der Waals surface area contributed by atoms with E-state index in [1.807, 2.05) is 0 Å². The molecule has 0 saturated carbocycles. The molecule has 1 atom stereocenters. The zero-order chi connectivity index (χ0) is 14.8. The van der Waals surface area contributed by atoms with Crippen LogP contribution in [0.25, 0.3) is 0 Å². The van der Waals surface area contributed by atoms with Gasteiger partial charge in [0.15, 0.2) is 0 Å². The summed E-state index contributed by atoms with van der Waals surface area (Å²) in [4.78, 5) is 0. The van der Waals surface area contributed by atoms with Crippen molar-refractivity contribution < 1.29 is 0 Å². The van der Waals surface area contributed by atoms with Gasteiger partial charge in [-0.1, -0.05) is 107 Å². The maximum Gasteiger partial charge on any atom is 0.0867 e. The average Bonchev–Trinajstić information content (AvgIpc) is 2.48. The lowest BCUT2D eigenvalue weighted by atomic mass is 10.3. The quantitative estimate of drug-likeness (QED) is 0.379. The molecule has 0 spiro atoms. The van der Waals surface area contributed by atoms with E-state index in [0.29, 0.717) is 0 Å². The van der Waals surface area contributed by atoms with Gasteiger partial charge in [-0.15, -0.1) is 21.6 Å². The van der Waals surface area contributed by atoms with Crippen molar-refractivity contribution in [2.45, 2.75) is 77.4 Å². The summed E-state index contributed by atoms with van der Waals surface area (Å²) in [7, 11) is 1.55. The van der Waals surface area contributed by atoms with Gasteiger partial charge in [0.05, 0.1) is 8.07 Å². The van der Waals surface area contributed by atoms with Crippen LogP contribution >= 0.6 is 21.6 Å². The van der Waals surface area contributed by atoms with Gasteiger partial charge in [-0.05, 0) is 5.30 Å². The number of unbranched alkanes of at least 4 members (excludes halogenated alkanes) is 3. The normalized spacial score (nSPS) is 11.2. The Labute approximate surface area is 142 Å². The number of rotatable bonds is 10. The number of hydrogen-bond acceptors (Lipinski definition) is 0. The Morgan fingerprint density at radius 1 is 0.762 bits per heavy atom. The smallest absolute Gasteiger partial charge is 0.0867 e. The summed E-state index contributed by atoms with van der Waals surface area (Å²) in [5.41, 5.74) is 0. The summed E-state index contributed by atoms with van der Waals surface area (Å²) >= 11 is 0. The van der Waals surface area contributed by atoms with Gasteiger partial charge in [0.2, 0.25) is 0 Å². The second-order valence-electron chi connectivity index (χ2n) is 6.21. The fourth-order valence-electron chi connectivity index (χ4n) is 3.19. The van der Waals surface area contributed by atoms with Gasteiger partial charge >= 0.3 is 0 Å². The van der Waals surface area contributed by atoms with Gasteiger partial charge in [0, 0.05) is 0 Å². The van der Waals surface area contributed by atoms with Crippen LogP contribution in [0.4, 0.5) is 0 Å². The van der Waals surface area contributed by atoms with E-state index < -0.39 is 8.07 Å². The Bertz CT molecular complexity index is 342. The van der Waals surface area contributed by atoms with Crippen LogP contribution in [0.2, 0.25) is 18.1 Å². The van der Waals surface area contributed by atoms with E-state index in [2.05, 4.69) is 54.3 Å². The predicted molar refractivity (Wildman–Crippen MR) is 108 cm³/mol. The van der Waals surface area contributed by atoms with Gasteiger partial charge in [-0.25, -0.2) is 0 Å². The van der Waals surface area contributed by atoms with E-state index in [-0.39, 0.29) is 12.4 Å². The predicted octanol–water partition coefficient (Wildman–Crippen LogP) is 5.66. The van der Waals surface area contributed by atoms with Crippen molar-refractivity contribution in [2.75, 3.05) is 0 Å². The molecule has 3 heteroatoms. The monoisotopic (exact) mass is 344 g/mol. The van der Waals surface area contributed by atoms with Crippen LogP contribution in [0.1, 0.15) is 59.3 Å². The summed E-state index contributed by atoms with van der Waals surface area (Å²) in [6.07, 6.45) is 8.28. The Balaban J connectivity index is 0.00000400. The van der Waals surface area contributed by atoms with Crippen LogP contribution < -0.4 is 10.5 Å². The molecule has 0 heterocycles. The fourth-order valence-corrected chi connectivity index (χ4v) is 8.96. The molecular formula is C18H34ClPSi. The molecule has 0 bridgehead atoms. The molecule has 0 N–H and O–H groups in total. The van der Waals surface area contributed by atoms with E-state index in [0.717, 1.165) is 0 Å². The van der Waals surface area contributed by atoms with Crippen molar-refractivity contribution in [1.29, 1.82) is 0 Å². The van der Waals surface area contributed by atoms with Gasteiger partial charge < -0.3 is 0 Å². The first kappa shape index (κ1) is 21.2. The Morgan fingerprint density at radius 3 is 1.48 bits per heavy atom. The van der Waals surface area contributed by atoms with Gasteiger partial charge in [0.1, 0.15) is 0 Å². The molecule has 1 unspecified atom stereocenters. The van der Waals surface area contributed by atoms with Crippen molar-refractivity contribution in [3.05, 3.63) is 24.3 Å². The average molecular weight is 345 g/mol. The van der Waals surface area contributed by atoms with Crippen LogP contribution in [0, 0.1) is 0 Å². The topological polar surface area (TPSA) is 0 Å². The van der Waals surface area contributed by atoms with Crippen molar-refractivity contribution in [3.8, 4) is 0 Å². The molecule has 0 aliphatic carbocycles. The molecule has 0 radical (unpaired) electrons. The molecule has 21 heavy (non-hydrogen) atoms. The zero-order valence-electron chi connectivity index (χ0n) is 14.2. The molecule has 0 aliphatic heterocycles. The SMILES string of the molecule is CCCC[Si](CCCC)(CCCC)c1ccc(P)cc1.Cl. The second kappa shape index (κ2) is 11.7. The van der Waals surface area contributed by atoms with Crippen molar-refractivity contribution in [3.63, 3.8) is 0 Å². The lowest BCUT2D eigenvalue weighted by molar-refractivity contribution is 0.800. The second-order valence-corrected chi connectivity index (χ2v) is 11.5. The van der Waals surface area contributed by atoms with Gasteiger partial charge in [0.25, 0.3) is 0 Å². The maximum absolute atomic E-state index is 2.82. The molecule has 0 aromatic heterocycles. The summed E-state index contributed by atoms with van der Waals surface area (Å²) in [6, 6.07) is 14.0. The van der Waals surface area contributed by atoms with Gasteiger partial charge in [-0.2, -0.15) is 0 Å². The van der Waals surface area contributed by atoms with E-state index in [1.165, 1.54) is 62.0 Å². The highest BCUT2D eigenvalue weighted by molar-refractivity contribution is 7.27. The van der Waals surface area contributed by atoms with Crippen LogP contribution in [-0.4, -0.2) is 8.07 Å². The standard InChI is InChI=1S/C18H33PSi.ClH/c1-4-7-14-20(15-8-5-2,16-9-6-3)18-12-10-17(19)11-13-18;/h10-13H,4-9,14-16,19H2,1-3H3;1H. The van der Waals surface area contributed by atoms with Crippen LogP contribution in [0.5, 0.6) is 0 Å². The van der Waals surface area contributed by atoms with Crippen LogP contribution in [0.3, 0.4) is 0 Å². The van der Waals surface area contributed by atoms with Crippen molar-refractivity contribution >= 4 is 40.2 Å². The third kappa shape index (κ3) is 6.85. The van der Waals surface area contributed by atoms with Crippen LogP contribution in [0.15, 0.2) is 24.3 Å². The number of halogens is 1. The minimum Gasteiger partial charge on any atom is -0.147 e. The molecular weight excluding hydrogens is 311 g/mol. The van der Waals surface area contributed by atoms with Crippen molar-refractivity contribution in [1.82, 2.24) is 0 Å². The molecule has 1 aromatic carbocycles. The number of benzene rings is 1. The highest BCUT2D eigenvalue weighted by Gasteiger charge is 2.32. The Morgan fingerprint density at radius 2 is 1.14 bits per heavy atom. The first-order valence-corrected chi connectivity index (χ1v) is 11.7. The molecule has 122 valence electrons. The van der Waals surface area contributed by atoms with E-state index >= 15 is 0 Å². The van der Waals surface area contributed by atoms with E-state index in [9.17, 15) is 0 Å². The van der Waals surface area contributed by atoms with Gasteiger partial charge in [-0.3, -0.25) is 0 Å². The third-order valence-corrected chi connectivity index (χ3v) is 10.4. The molecule has 0 nitrogen and oxygen atoms in total. The molecule has 1 rings (SSSR count). The first-order chi connectivity index (χ1) is 9.68. The first-order valence-electron chi connectivity index (χ1n) is 8.54. The molecule has 0 fully saturated rings. The highest BCUT2D eigenvalue weighted by atomic mass is 35.5. The Kier molecular flexibility index (Phi) is 11.8. The minimum absolute atomic E-state index is 0.